The van der Waals surface area contributed by atoms with E-state index in [1.54, 1.807) is 0 Å². The summed E-state index contributed by atoms with van der Waals surface area (Å²) < 4.78 is 0. The van der Waals surface area contributed by atoms with Crippen molar-refractivity contribution in [1.82, 2.24) is 4.98 Å². The smallest absolute Gasteiger partial charge is 0.0890 e. The van der Waals surface area contributed by atoms with Gasteiger partial charge in [0, 0.05) is 23.0 Å². The standard InChI is InChI=1S/C13H12N2O/c14-7-8-5-9(16)6-11-10-3-1-2-4-12(10)15-13(8)11/h1-4,8-9,15-16H,5-6H2. The number of rotatable bonds is 0. The van der Waals surface area contributed by atoms with Gasteiger partial charge < -0.3 is 10.1 Å². The molecule has 16 heavy (non-hydrogen) atoms. The average molecular weight is 212 g/mol. The molecule has 80 valence electrons. The molecule has 0 radical (unpaired) electrons. The van der Waals surface area contributed by atoms with Crippen LogP contribution in [-0.4, -0.2) is 16.2 Å². The van der Waals surface area contributed by atoms with Gasteiger partial charge in [0.1, 0.15) is 0 Å². The van der Waals surface area contributed by atoms with Gasteiger partial charge in [-0.05, 0) is 18.1 Å². The van der Waals surface area contributed by atoms with Crippen molar-refractivity contribution in [2.45, 2.75) is 24.9 Å². The molecule has 3 nitrogen and oxygen atoms in total. The van der Waals surface area contributed by atoms with Crippen molar-refractivity contribution in [1.29, 1.82) is 5.26 Å². The largest absolute Gasteiger partial charge is 0.393 e. The van der Waals surface area contributed by atoms with Crippen LogP contribution in [0.2, 0.25) is 0 Å². The van der Waals surface area contributed by atoms with Crippen LogP contribution in [-0.2, 0) is 6.42 Å². The van der Waals surface area contributed by atoms with Crippen LogP contribution in [0.4, 0.5) is 0 Å². The Morgan fingerprint density at radius 2 is 2.19 bits per heavy atom. The Labute approximate surface area is 93.3 Å². The number of aliphatic hydroxyl groups excluding tert-OH is 1. The van der Waals surface area contributed by atoms with Crippen molar-refractivity contribution in [3.8, 4) is 6.07 Å². The Hall–Kier alpha value is -1.79. The van der Waals surface area contributed by atoms with Crippen LogP contribution in [0.15, 0.2) is 24.3 Å². The molecule has 0 saturated carbocycles. The summed E-state index contributed by atoms with van der Waals surface area (Å²) in [6.07, 6.45) is 0.796. The second kappa shape index (κ2) is 3.36. The van der Waals surface area contributed by atoms with Crippen LogP contribution in [0, 0.1) is 11.3 Å². The Morgan fingerprint density at radius 3 is 3.00 bits per heavy atom. The van der Waals surface area contributed by atoms with Crippen LogP contribution in [0.5, 0.6) is 0 Å². The quantitative estimate of drug-likeness (QED) is 0.702. The van der Waals surface area contributed by atoms with Crippen molar-refractivity contribution in [2.24, 2.45) is 0 Å². The molecular weight excluding hydrogens is 200 g/mol. The lowest BCUT2D eigenvalue weighted by molar-refractivity contribution is 0.153. The minimum atomic E-state index is -0.392. The first-order chi connectivity index (χ1) is 7.79. The minimum absolute atomic E-state index is 0.203. The Bertz CT molecular complexity index is 579. The van der Waals surface area contributed by atoms with E-state index in [-0.39, 0.29) is 5.92 Å². The molecule has 3 rings (SSSR count). The summed E-state index contributed by atoms with van der Waals surface area (Å²) in [7, 11) is 0. The fraction of sp³-hybridized carbons (Fsp3) is 0.308. The van der Waals surface area contributed by atoms with Crippen LogP contribution >= 0.6 is 0 Å². The first-order valence-corrected chi connectivity index (χ1v) is 5.46. The average Bonchev–Trinajstić information content (AvgIpc) is 2.67. The molecule has 0 fully saturated rings. The molecule has 0 bridgehead atoms. The third-order valence-corrected chi connectivity index (χ3v) is 3.30. The van der Waals surface area contributed by atoms with Gasteiger partial charge in [0.2, 0.25) is 0 Å². The monoisotopic (exact) mass is 212 g/mol. The molecule has 1 aliphatic rings. The number of aliphatic hydroxyl groups is 1. The lowest BCUT2D eigenvalue weighted by Gasteiger charge is -2.21. The van der Waals surface area contributed by atoms with E-state index in [0.29, 0.717) is 12.8 Å². The summed E-state index contributed by atoms with van der Waals surface area (Å²) in [5, 5.41) is 20.0. The molecule has 0 spiro atoms. The second-order valence-electron chi connectivity index (χ2n) is 4.34. The van der Waals surface area contributed by atoms with Crippen LogP contribution in [0.25, 0.3) is 10.9 Å². The summed E-state index contributed by atoms with van der Waals surface area (Å²) in [4.78, 5) is 3.30. The normalized spacial score (nSPS) is 24.0. The molecule has 1 aliphatic carbocycles. The zero-order valence-corrected chi connectivity index (χ0v) is 8.77. The second-order valence-corrected chi connectivity index (χ2v) is 4.34. The summed E-state index contributed by atoms with van der Waals surface area (Å²) in [5.74, 6) is -0.203. The lowest BCUT2D eigenvalue weighted by atomic mass is 9.86. The van der Waals surface area contributed by atoms with E-state index in [1.807, 2.05) is 24.3 Å². The van der Waals surface area contributed by atoms with Crippen LogP contribution in [0.1, 0.15) is 23.6 Å². The molecule has 0 aliphatic heterocycles. The first-order valence-electron chi connectivity index (χ1n) is 5.46. The van der Waals surface area contributed by atoms with E-state index in [9.17, 15) is 5.11 Å². The van der Waals surface area contributed by atoms with Gasteiger partial charge in [-0.3, -0.25) is 0 Å². The lowest BCUT2D eigenvalue weighted by Crippen LogP contribution is -2.21. The predicted octanol–water partition coefficient (Wildman–Crippen LogP) is 2.08. The SMILES string of the molecule is N#CC1CC(O)Cc2c1[nH]c1ccccc21. The molecule has 2 atom stereocenters. The van der Waals surface area contributed by atoms with E-state index in [0.717, 1.165) is 22.2 Å². The van der Waals surface area contributed by atoms with Gasteiger partial charge in [-0.2, -0.15) is 5.26 Å². The molecule has 1 aromatic heterocycles. The molecular formula is C13H12N2O. The molecule has 3 heteroatoms. The molecule has 0 saturated heterocycles. The number of hydrogen-bond donors (Lipinski definition) is 2. The van der Waals surface area contributed by atoms with Crippen molar-refractivity contribution in [3.05, 3.63) is 35.5 Å². The maximum absolute atomic E-state index is 9.77. The Morgan fingerprint density at radius 1 is 1.38 bits per heavy atom. The van der Waals surface area contributed by atoms with E-state index < -0.39 is 6.10 Å². The van der Waals surface area contributed by atoms with Gasteiger partial charge in [0.05, 0.1) is 18.1 Å². The summed E-state index contributed by atoms with van der Waals surface area (Å²) >= 11 is 0. The van der Waals surface area contributed by atoms with E-state index in [1.165, 1.54) is 0 Å². The molecule has 0 amide bonds. The van der Waals surface area contributed by atoms with Crippen molar-refractivity contribution in [2.75, 3.05) is 0 Å². The molecule has 2 aromatic rings. The highest BCUT2D eigenvalue weighted by Crippen LogP contribution is 2.35. The fourth-order valence-electron chi connectivity index (χ4n) is 2.56. The number of hydrogen-bond acceptors (Lipinski definition) is 2. The maximum Gasteiger partial charge on any atom is 0.0890 e. The van der Waals surface area contributed by atoms with Crippen LogP contribution in [0.3, 0.4) is 0 Å². The zero-order chi connectivity index (χ0) is 11.1. The van der Waals surface area contributed by atoms with Gasteiger partial charge in [-0.1, -0.05) is 18.2 Å². The van der Waals surface area contributed by atoms with Gasteiger partial charge in [0.25, 0.3) is 0 Å². The first kappa shape index (κ1) is 9.44. The molecule has 2 N–H and O–H groups in total. The summed E-state index contributed by atoms with van der Waals surface area (Å²) in [6.45, 7) is 0. The van der Waals surface area contributed by atoms with Gasteiger partial charge in [-0.15, -0.1) is 0 Å². The predicted molar refractivity (Wildman–Crippen MR) is 61.0 cm³/mol. The number of aromatic amines is 1. The number of nitrogens with one attached hydrogen (secondary N) is 1. The van der Waals surface area contributed by atoms with E-state index in [4.69, 9.17) is 5.26 Å². The Balaban J connectivity index is 2.27. The third-order valence-electron chi connectivity index (χ3n) is 3.30. The number of fused-ring (bicyclic) bond motifs is 3. The highest BCUT2D eigenvalue weighted by molar-refractivity contribution is 5.85. The summed E-state index contributed by atoms with van der Waals surface area (Å²) in [6, 6.07) is 10.3. The van der Waals surface area contributed by atoms with Gasteiger partial charge >= 0.3 is 0 Å². The highest BCUT2D eigenvalue weighted by atomic mass is 16.3. The number of aromatic nitrogens is 1. The number of nitrogens with zero attached hydrogens (tertiary/aromatic N) is 1. The topological polar surface area (TPSA) is 59.8 Å². The highest BCUT2D eigenvalue weighted by Gasteiger charge is 2.28. The van der Waals surface area contributed by atoms with Crippen molar-refractivity contribution >= 4 is 10.9 Å². The zero-order valence-electron chi connectivity index (χ0n) is 8.77. The summed E-state index contributed by atoms with van der Waals surface area (Å²) in [5.41, 5.74) is 3.16. The minimum Gasteiger partial charge on any atom is -0.393 e. The Kier molecular flexibility index (Phi) is 1.98. The van der Waals surface area contributed by atoms with Gasteiger partial charge in [0.15, 0.2) is 0 Å². The van der Waals surface area contributed by atoms with Crippen molar-refractivity contribution in [3.63, 3.8) is 0 Å². The molecule has 1 heterocycles. The van der Waals surface area contributed by atoms with Gasteiger partial charge in [-0.25, -0.2) is 0 Å². The van der Waals surface area contributed by atoms with E-state index in [2.05, 4.69) is 11.1 Å². The van der Waals surface area contributed by atoms with Crippen molar-refractivity contribution < 1.29 is 5.11 Å². The maximum atomic E-state index is 9.77. The fourth-order valence-corrected chi connectivity index (χ4v) is 2.56. The number of benzene rings is 1. The number of H-pyrrole nitrogens is 1. The molecule has 1 aromatic carbocycles. The number of nitriles is 1. The molecule has 2 unspecified atom stereocenters. The number of para-hydroxylation sites is 1. The third kappa shape index (κ3) is 1.24. The van der Waals surface area contributed by atoms with Crippen LogP contribution < -0.4 is 0 Å². The van der Waals surface area contributed by atoms with E-state index >= 15 is 0 Å².